The summed E-state index contributed by atoms with van der Waals surface area (Å²) >= 11 is 0. The van der Waals surface area contributed by atoms with Crippen LogP contribution in [0.4, 0.5) is 0 Å². The van der Waals surface area contributed by atoms with Gasteiger partial charge in [-0.25, -0.2) is 9.97 Å². The summed E-state index contributed by atoms with van der Waals surface area (Å²) in [4.78, 5) is 33.1. The molecular weight excluding hydrogens is 382 g/mol. The fourth-order valence-corrected chi connectivity index (χ4v) is 5.37. The Morgan fingerprint density at radius 1 is 1.20 bits per heavy atom. The quantitative estimate of drug-likeness (QED) is 0.780. The van der Waals surface area contributed by atoms with Gasteiger partial charge in [0.25, 0.3) is 0 Å². The second-order valence-corrected chi connectivity index (χ2v) is 8.82. The van der Waals surface area contributed by atoms with Gasteiger partial charge in [0, 0.05) is 24.0 Å². The van der Waals surface area contributed by atoms with Crippen molar-refractivity contribution in [1.29, 1.82) is 0 Å². The van der Waals surface area contributed by atoms with Crippen molar-refractivity contribution in [3.63, 3.8) is 0 Å². The molecule has 2 aromatic rings. The first-order valence-electron chi connectivity index (χ1n) is 11.0. The normalized spacial score (nSPS) is 27.9. The van der Waals surface area contributed by atoms with Crippen LogP contribution in [0.25, 0.3) is 11.3 Å². The summed E-state index contributed by atoms with van der Waals surface area (Å²) in [5.74, 6) is -0.554. The molecule has 158 valence electrons. The van der Waals surface area contributed by atoms with Crippen LogP contribution in [0.2, 0.25) is 0 Å². The molecule has 8 heteroatoms. The molecule has 2 saturated carbocycles. The third kappa shape index (κ3) is 3.59. The number of nitrogens with zero attached hydrogens (tertiary/aromatic N) is 4. The molecule has 30 heavy (non-hydrogen) atoms. The van der Waals surface area contributed by atoms with Gasteiger partial charge in [-0.1, -0.05) is 0 Å². The Balaban J connectivity index is 1.17. The summed E-state index contributed by atoms with van der Waals surface area (Å²) in [5, 5.41) is 7.75. The molecule has 1 N–H and O–H groups in total. The zero-order chi connectivity index (χ0) is 20.6. The molecule has 1 atom stereocenters. The van der Waals surface area contributed by atoms with E-state index in [9.17, 15) is 9.59 Å². The van der Waals surface area contributed by atoms with Gasteiger partial charge in [-0.05, 0) is 57.4 Å². The summed E-state index contributed by atoms with van der Waals surface area (Å²) in [7, 11) is 0. The SMILES string of the molecule is O=C1CC(C(=O)NC2CCC(n3cc(-c4ccncn4)cn3)CC2)C2(CCCC2)O1. The first kappa shape index (κ1) is 19.2. The molecule has 1 unspecified atom stereocenters. The average molecular weight is 409 g/mol. The van der Waals surface area contributed by atoms with E-state index < -0.39 is 5.60 Å². The van der Waals surface area contributed by atoms with E-state index in [1.807, 2.05) is 23.1 Å². The lowest BCUT2D eigenvalue weighted by molar-refractivity contribution is -0.150. The highest BCUT2D eigenvalue weighted by atomic mass is 16.6. The Bertz CT molecular complexity index is 914. The zero-order valence-electron chi connectivity index (χ0n) is 17.0. The molecule has 2 aromatic heterocycles. The van der Waals surface area contributed by atoms with Gasteiger partial charge in [0.1, 0.15) is 11.9 Å². The second kappa shape index (κ2) is 7.81. The summed E-state index contributed by atoms with van der Waals surface area (Å²) < 4.78 is 7.65. The molecule has 8 nitrogen and oxygen atoms in total. The van der Waals surface area contributed by atoms with Crippen LogP contribution in [0.3, 0.4) is 0 Å². The van der Waals surface area contributed by atoms with E-state index in [4.69, 9.17) is 4.74 Å². The van der Waals surface area contributed by atoms with Crippen LogP contribution in [0.5, 0.6) is 0 Å². The number of carbonyl (C=O) groups is 2. The highest BCUT2D eigenvalue weighted by molar-refractivity contribution is 5.88. The molecule has 1 saturated heterocycles. The van der Waals surface area contributed by atoms with E-state index in [1.165, 1.54) is 0 Å². The van der Waals surface area contributed by atoms with Gasteiger partial charge < -0.3 is 10.1 Å². The average Bonchev–Trinajstić information content (AvgIpc) is 3.50. The Hall–Kier alpha value is -2.77. The highest BCUT2D eigenvalue weighted by Gasteiger charge is 2.54. The minimum absolute atomic E-state index is 0.00339. The van der Waals surface area contributed by atoms with Crippen molar-refractivity contribution < 1.29 is 14.3 Å². The molecule has 1 spiro atoms. The Morgan fingerprint density at radius 3 is 2.73 bits per heavy atom. The van der Waals surface area contributed by atoms with Gasteiger partial charge in [0.05, 0.1) is 30.3 Å². The summed E-state index contributed by atoms with van der Waals surface area (Å²) in [5.41, 5.74) is 1.32. The molecule has 0 bridgehead atoms. The van der Waals surface area contributed by atoms with Crippen molar-refractivity contribution in [3.05, 3.63) is 31.0 Å². The van der Waals surface area contributed by atoms with Gasteiger partial charge in [0.2, 0.25) is 5.91 Å². The standard InChI is InChI=1S/C22H27N5O3/c28-20-11-18(22(30-20)8-1-2-9-22)21(29)26-16-3-5-17(6-4-16)27-13-15(12-25-27)19-7-10-23-14-24-19/h7,10,12-14,16-18H,1-6,8-9,11H2,(H,26,29). The second-order valence-electron chi connectivity index (χ2n) is 8.82. The van der Waals surface area contributed by atoms with Crippen LogP contribution >= 0.6 is 0 Å². The maximum atomic E-state index is 13.0. The minimum Gasteiger partial charge on any atom is -0.458 e. The van der Waals surface area contributed by atoms with E-state index in [0.29, 0.717) is 6.04 Å². The fourth-order valence-electron chi connectivity index (χ4n) is 5.37. The van der Waals surface area contributed by atoms with Crippen LogP contribution in [0.15, 0.2) is 31.0 Å². The van der Waals surface area contributed by atoms with E-state index >= 15 is 0 Å². The number of nitrogens with one attached hydrogen (secondary N) is 1. The summed E-state index contributed by atoms with van der Waals surface area (Å²) in [6.07, 6.45) is 14.8. The number of amides is 1. The highest BCUT2D eigenvalue weighted by Crippen LogP contribution is 2.45. The number of rotatable bonds is 4. The van der Waals surface area contributed by atoms with Crippen molar-refractivity contribution >= 4 is 11.9 Å². The van der Waals surface area contributed by atoms with Crippen molar-refractivity contribution in [1.82, 2.24) is 25.1 Å². The van der Waals surface area contributed by atoms with Crippen LogP contribution in [0, 0.1) is 5.92 Å². The molecule has 2 aliphatic carbocycles. The number of esters is 1. The lowest BCUT2D eigenvalue weighted by atomic mass is 9.84. The number of hydrogen-bond donors (Lipinski definition) is 1. The number of ether oxygens (including phenoxy) is 1. The monoisotopic (exact) mass is 409 g/mol. The minimum atomic E-state index is -0.537. The zero-order valence-corrected chi connectivity index (χ0v) is 17.0. The molecule has 3 aliphatic rings. The first-order chi connectivity index (χ1) is 14.6. The molecular formula is C22H27N5O3. The Labute approximate surface area is 175 Å². The Morgan fingerprint density at radius 2 is 2.00 bits per heavy atom. The molecule has 1 amide bonds. The predicted molar refractivity (Wildman–Crippen MR) is 108 cm³/mol. The maximum absolute atomic E-state index is 13.0. The molecule has 3 heterocycles. The van der Waals surface area contributed by atoms with Crippen molar-refractivity contribution in [2.24, 2.45) is 5.92 Å². The van der Waals surface area contributed by atoms with Gasteiger partial charge in [-0.15, -0.1) is 0 Å². The smallest absolute Gasteiger partial charge is 0.307 e. The van der Waals surface area contributed by atoms with E-state index in [0.717, 1.165) is 62.6 Å². The Kier molecular flexibility index (Phi) is 5.00. The fraction of sp³-hybridized carbons (Fsp3) is 0.591. The molecule has 0 radical (unpaired) electrons. The lowest BCUT2D eigenvalue weighted by Gasteiger charge is -2.32. The first-order valence-corrected chi connectivity index (χ1v) is 11.0. The van der Waals surface area contributed by atoms with Crippen LogP contribution < -0.4 is 5.32 Å². The van der Waals surface area contributed by atoms with Crippen LogP contribution in [0.1, 0.15) is 63.8 Å². The number of aromatic nitrogens is 4. The number of hydrogen-bond acceptors (Lipinski definition) is 6. The van der Waals surface area contributed by atoms with Gasteiger partial charge >= 0.3 is 5.97 Å². The van der Waals surface area contributed by atoms with Gasteiger partial charge in [-0.2, -0.15) is 5.10 Å². The van der Waals surface area contributed by atoms with Gasteiger partial charge in [0.15, 0.2) is 0 Å². The third-order valence-electron chi connectivity index (χ3n) is 6.99. The molecule has 0 aromatic carbocycles. The van der Waals surface area contributed by atoms with Crippen LogP contribution in [-0.4, -0.2) is 43.3 Å². The van der Waals surface area contributed by atoms with Crippen molar-refractivity contribution in [2.75, 3.05) is 0 Å². The molecule has 1 aliphatic heterocycles. The predicted octanol–water partition coefficient (Wildman–Crippen LogP) is 2.82. The van der Waals surface area contributed by atoms with Gasteiger partial charge in [-0.3, -0.25) is 14.3 Å². The maximum Gasteiger partial charge on any atom is 0.307 e. The van der Waals surface area contributed by atoms with Crippen LogP contribution in [-0.2, 0) is 14.3 Å². The van der Waals surface area contributed by atoms with Crippen molar-refractivity contribution in [2.45, 2.75) is 75.5 Å². The third-order valence-corrected chi connectivity index (χ3v) is 6.99. The molecule has 5 rings (SSSR count). The largest absolute Gasteiger partial charge is 0.458 e. The summed E-state index contributed by atoms with van der Waals surface area (Å²) in [6, 6.07) is 2.36. The van der Waals surface area contributed by atoms with E-state index in [1.54, 1.807) is 12.5 Å². The summed E-state index contributed by atoms with van der Waals surface area (Å²) in [6.45, 7) is 0. The topological polar surface area (TPSA) is 99.0 Å². The van der Waals surface area contributed by atoms with Crippen molar-refractivity contribution in [3.8, 4) is 11.3 Å². The number of carbonyl (C=O) groups excluding carboxylic acids is 2. The molecule has 3 fully saturated rings. The van der Waals surface area contributed by atoms with E-state index in [2.05, 4.69) is 20.4 Å². The van der Waals surface area contributed by atoms with E-state index in [-0.39, 0.29) is 30.3 Å². The lowest BCUT2D eigenvalue weighted by Crippen LogP contribution is -2.47.